The van der Waals surface area contributed by atoms with Crippen molar-refractivity contribution in [2.75, 3.05) is 13.2 Å². The molecule has 0 heterocycles. The third kappa shape index (κ3) is 7.64. The van der Waals surface area contributed by atoms with Gasteiger partial charge < -0.3 is 8.85 Å². The quantitative estimate of drug-likeness (QED) is 0.323. The molecule has 2 nitrogen and oxygen atoms in total. The van der Waals surface area contributed by atoms with Crippen LogP contribution in [0.3, 0.4) is 0 Å². The van der Waals surface area contributed by atoms with Crippen LogP contribution in [0.2, 0.25) is 36.3 Å². The van der Waals surface area contributed by atoms with Crippen LogP contribution in [0.25, 0.3) is 23.3 Å². The summed E-state index contributed by atoms with van der Waals surface area (Å²) in [5, 5.41) is 0.441. The van der Waals surface area contributed by atoms with Gasteiger partial charge in [-0.25, -0.2) is 0 Å². The molecule has 0 aromatic heterocycles. The molecule has 0 aliphatic rings. The van der Waals surface area contributed by atoms with Gasteiger partial charge in [0.05, 0.1) is 13.2 Å². The molecule has 186 valence electrons. The number of rotatable bonds is 9. The van der Waals surface area contributed by atoms with Crippen LogP contribution in [-0.2, 0) is 8.85 Å². The largest absolute Gasteiger partial charge is 0.413 e. The first kappa shape index (κ1) is 28.5. The normalized spacial score (nSPS) is 13.8. The first-order valence-electron chi connectivity index (χ1n) is 12.5. The Balaban J connectivity index is 2.19. The minimum atomic E-state index is -1.74. The first-order valence-corrected chi connectivity index (χ1v) is 18.3. The highest BCUT2D eigenvalue weighted by molar-refractivity contribution is 6.74. The van der Waals surface area contributed by atoms with Crippen LogP contribution in [0, 0.1) is 0 Å². The van der Waals surface area contributed by atoms with Gasteiger partial charge in [0.15, 0.2) is 16.6 Å². The molecule has 0 unspecified atom stereocenters. The molecule has 0 N–H and O–H groups in total. The molecule has 0 fully saturated rings. The smallest absolute Gasteiger partial charge is 0.192 e. The molecule has 0 saturated carbocycles. The molecule has 0 aliphatic heterocycles. The highest BCUT2D eigenvalue weighted by atomic mass is 28.4. The molecule has 0 aliphatic carbocycles. The Morgan fingerprint density at radius 1 is 0.588 bits per heavy atom. The fourth-order valence-electron chi connectivity index (χ4n) is 3.07. The highest BCUT2D eigenvalue weighted by Crippen LogP contribution is 2.37. The molecule has 0 atom stereocenters. The summed E-state index contributed by atoms with van der Waals surface area (Å²) in [5.41, 5.74) is 4.88. The van der Waals surface area contributed by atoms with E-state index in [1.165, 1.54) is 22.3 Å². The van der Waals surface area contributed by atoms with Crippen molar-refractivity contribution in [3.05, 3.63) is 71.8 Å². The van der Waals surface area contributed by atoms with Crippen LogP contribution in [-0.4, -0.2) is 29.8 Å². The van der Waals surface area contributed by atoms with E-state index in [-0.39, 0.29) is 10.1 Å². The third-order valence-corrected chi connectivity index (χ3v) is 16.5. The van der Waals surface area contributed by atoms with Gasteiger partial charge in [-0.2, -0.15) is 0 Å². The first-order chi connectivity index (χ1) is 15.7. The Bertz CT molecular complexity index is 908. The second-order valence-corrected chi connectivity index (χ2v) is 21.7. The van der Waals surface area contributed by atoms with Gasteiger partial charge in [0, 0.05) is 0 Å². The Hall–Kier alpha value is -1.73. The van der Waals surface area contributed by atoms with Gasteiger partial charge in [0.25, 0.3) is 0 Å². The molecule has 2 aromatic carbocycles. The summed E-state index contributed by atoms with van der Waals surface area (Å²) in [4.78, 5) is 0. The minimum absolute atomic E-state index is 0.221. The van der Waals surface area contributed by atoms with Crippen molar-refractivity contribution >= 4 is 28.8 Å². The van der Waals surface area contributed by atoms with Gasteiger partial charge in [-0.15, -0.1) is 0 Å². The van der Waals surface area contributed by atoms with Gasteiger partial charge in [-0.1, -0.05) is 114 Å². The molecule has 4 heteroatoms. The van der Waals surface area contributed by atoms with Crippen molar-refractivity contribution in [3.8, 4) is 11.1 Å². The molecule has 0 radical (unpaired) electrons. The van der Waals surface area contributed by atoms with E-state index in [9.17, 15) is 0 Å². The van der Waals surface area contributed by atoms with Crippen LogP contribution in [0.4, 0.5) is 0 Å². The lowest BCUT2D eigenvalue weighted by Gasteiger charge is -2.35. The minimum Gasteiger partial charge on any atom is -0.413 e. The van der Waals surface area contributed by atoms with E-state index in [0.717, 1.165) is 0 Å². The maximum Gasteiger partial charge on any atom is 0.192 e. The van der Waals surface area contributed by atoms with Crippen molar-refractivity contribution in [1.29, 1.82) is 0 Å². The summed E-state index contributed by atoms with van der Waals surface area (Å²) in [5.74, 6) is 0. The van der Waals surface area contributed by atoms with Gasteiger partial charge in [-0.3, -0.25) is 0 Å². The summed E-state index contributed by atoms with van der Waals surface area (Å²) >= 11 is 0. The zero-order valence-electron chi connectivity index (χ0n) is 23.2. The lowest BCUT2D eigenvalue weighted by atomic mass is 9.95. The maximum atomic E-state index is 6.33. The number of benzene rings is 2. The molecular weight excluding hydrogens is 449 g/mol. The van der Waals surface area contributed by atoms with Gasteiger partial charge >= 0.3 is 0 Å². The summed E-state index contributed by atoms with van der Waals surface area (Å²) in [7, 11) is -3.49. The summed E-state index contributed by atoms with van der Waals surface area (Å²) in [6.07, 6.45) is 8.71. The lowest BCUT2D eigenvalue weighted by Crippen LogP contribution is -2.40. The fourth-order valence-corrected chi connectivity index (χ4v) is 4.96. The van der Waals surface area contributed by atoms with Gasteiger partial charge in [0.1, 0.15) is 0 Å². The molecule has 0 spiro atoms. The number of hydrogen-bond acceptors (Lipinski definition) is 2. The Kier molecular flexibility index (Phi) is 9.51. The Morgan fingerprint density at radius 2 is 0.912 bits per heavy atom. The van der Waals surface area contributed by atoms with E-state index in [0.29, 0.717) is 13.2 Å². The van der Waals surface area contributed by atoms with Gasteiger partial charge in [-0.05, 0) is 58.5 Å². The van der Waals surface area contributed by atoms with E-state index in [4.69, 9.17) is 8.85 Å². The summed E-state index contributed by atoms with van der Waals surface area (Å²) < 4.78 is 12.7. The SMILES string of the molecule is CC(C)(C)[Si](C)(C)OC/C=C/c1ccccc1-c1ccccc1/C=C/CO[Si](C)(C)C(C)(C)C. The van der Waals surface area contributed by atoms with Crippen molar-refractivity contribution in [3.63, 3.8) is 0 Å². The second-order valence-electron chi connectivity index (χ2n) is 12.1. The van der Waals surface area contributed by atoms with E-state index < -0.39 is 16.6 Å². The molecule has 0 bridgehead atoms. The van der Waals surface area contributed by atoms with Crippen molar-refractivity contribution in [2.45, 2.75) is 77.8 Å². The lowest BCUT2D eigenvalue weighted by molar-refractivity contribution is 0.328. The van der Waals surface area contributed by atoms with Crippen molar-refractivity contribution in [1.82, 2.24) is 0 Å². The van der Waals surface area contributed by atoms with Crippen LogP contribution in [0.5, 0.6) is 0 Å². The number of hydrogen-bond donors (Lipinski definition) is 0. The van der Waals surface area contributed by atoms with E-state index in [1.54, 1.807) is 0 Å². The highest BCUT2D eigenvalue weighted by Gasteiger charge is 2.37. The summed E-state index contributed by atoms with van der Waals surface area (Å²) in [6.45, 7) is 24.2. The van der Waals surface area contributed by atoms with Crippen LogP contribution >= 0.6 is 0 Å². The molecule has 2 rings (SSSR count). The molecule has 0 amide bonds. The fraction of sp³-hybridized carbons (Fsp3) is 0.467. The van der Waals surface area contributed by atoms with E-state index >= 15 is 0 Å². The topological polar surface area (TPSA) is 18.5 Å². The van der Waals surface area contributed by atoms with Crippen LogP contribution < -0.4 is 0 Å². The van der Waals surface area contributed by atoms with Crippen LogP contribution in [0.1, 0.15) is 52.7 Å². The van der Waals surface area contributed by atoms with E-state index in [1.807, 2.05) is 0 Å². The third-order valence-electron chi connectivity index (χ3n) is 7.50. The second kappa shape index (κ2) is 11.3. The van der Waals surface area contributed by atoms with Crippen molar-refractivity contribution < 1.29 is 8.85 Å². The maximum absolute atomic E-state index is 6.33. The molecule has 0 saturated heterocycles. The predicted molar refractivity (Wildman–Crippen MR) is 156 cm³/mol. The molecular formula is C30H46O2Si2. The average Bonchev–Trinajstić information content (AvgIpc) is 2.73. The van der Waals surface area contributed by atoms with E-state index in [2.05, 4.69) is 141 Å². The van der Waals surface area contributed by atoms with Gasteiger partial charge in [0.2, 0.25) is 0 Å². The Labute approximate surface area is 211 Å². The molecule has 34 heavy (non-hydrogen) atoms. The van der Waals surface area contributed by atoms with Crippen LogP contribution in [0.15, 0.2) is 60.7 Å². The molecule has 2 aromatic rings. The summed E-state index contributed by atoms with van der Waals surface area (Å²) in [6, 6.07) is 17.2. The standard InChI is InChI=1S/C30H46O2Si2/c1-29(2,3)33(7,8)31-23-15-19-25-17-11-13-21-27(25)28-22-14-12-18-26(28)20-16-24-32-34(9,10)30(4,5)6/h11-22H,23-24H2,1-10H3/b19-15+,20-16+. The Morgan fingerprint density at radius 3 is 1.24 bits per heavy atom. The monoisotopic (exact) mass is 494 g/mol. The zero-order valence-corrected chi connectivity index (χ0v) is 25.2. The average molecular weight is 495 g/mol. The predicted octanol–water partition coefficient (Wildman–Crippen LogP) is 9.42. The zero-order chi connectivity index (χ0) is 25.6. The van der Waals surface area contributed by atoms with Crippen molar-refractivity contribution in [2.24, 2.45) is 0 Å².